The number of nitrogen functional groups attached to an aromatic ring is 1. The molecule has 0 aliphatic carbocycles. The number of unbranched alkanes of at least 4 members (excludes halogenated alkanes) is 2. The second-order valence-electron chi connectivity index (χ2n) is 12.5. The standard InChI is InChI=1S/C36H48N6O5/c1-25-21-42(26(2)24-43)36(46)20-28-19-29(13-14-32(28)47-33(25)23-41(3)22-27-15-17-38-18-16-27)39-34(44)11-5-4-6-12-35(45)40-31-10-8-7-9-30(31)37/h7-10,13-19,25-26,33,43H,4-6,11-12,20-24,37H2,1-3H3,(H,39,44)(H,40,45)/t25-,26-,33-/m1/s1. The van der Waals surface area contributed by atoms with Gasteiger partial charge in [0.15, 0.2) is 0 Å². The number of ether oxygens (including phenoxy) is 1. The number of anilines is 3. The SMILES string of the molecule is C[C@@H]1CN([C@H](C)CO)C(=O)Cc2cc(NC(=O)CCCCCC(=O)Nc3ccccc3N)ccc2O[C@@H]1CN(C)Cc1ccncc1. The molecule has 11 heteroatoms. The van der Waals surface area contributed by atoms with Crippen LogP contribution in [0, 0.1) is 5.92 Å². The number of benzene rings is 2. The lowest BCUT2D eigenvalue weighted by atomic mass is 10.0. The molecule has 11 nitrogen and oxygen atoms in total. The van der Waals surface area contributed by atoms with Crippen molar-refractivity contribution in [1.82, 2.24) is 14.8 Å². The lowest BCUT2D eigenvalue weighted by Crippen LogP contribution is -2.47. The Morgan fingerprint density at radius 1 is 1.06 bits per heavy atom. The van der Waals surface area contributed by atoms with Crippen molar-refractivity contribution in [2.24, 2.45) is 5.92 Å². The lowest BCUT2D eigenvalue weighted by molar-refractivity contribution is -0.134. The summed E-state index contributed by atoms with van der Waals surface area (Å²) in [7, 11) is 2.04. The smallest absolute Gasteiger partial charge is 0.227 e. The first-order chi connectivity index (χ1) is 22.6. The third-order valence-corrected chi connectivity index (χ3v) is 8.44. The van der Waals surface area contributed by atoms with Gasteiger partial charge < -0.3 is 31.1 Å². The largest absolute Gasteiger partial charge is 0.488 e. The van der Waals surface area contributed by atoms with Crippen LogP contribution in [0.5, 0.6) is 5.75 Å². The zero-order chi connectivity index (χ0) is 33.8. The molecular formula is C36H48N6O5. The molecule has 0 saturated heterocycles. The van der Waals surface area contributed by atoms with Crippen molar-refractivity contribution in [2.45, 2.75) is 71.1 Å². The molecule has 2 heterocycles. The first-order valence-corrected chi connectivity index (χ1v) is 16.3. The number of hydrogen-bond acceptors (Lipinski definition) is 8. The zero-order valence-electron chi connectivity index (χ0n) is 27.7. The monoisotopic (exact) mass is 644 g/mol. The molecule has 3 atom stereocenters. The van der Waals surface area contributed by atoms with E-state index in [1.807, 2.05) is 44.3 Å². The van der Waals surface area contributed by atoms with E-state index in [1.54, 1.807) is 41.6 Å². The summed E-state index contributed by atoms with van der Waals surface area (Å²) in [5, 5.41) is 15.7. The number of likely N-dealkylation sites (N-methyl/N-ethyl adjacent to an activating group) is 1. The van der Waals surface area contributed by atoms with Crippen molar-refractivity contribution in [3.63, 3.8) is 0 Å². The van der Waals surface area contributed by atoms with E-state index in [4.69, 9.17) is 10.5 Å². The maximum Gasteiger partial charge on any atom is 0.227 e. The number of aliphatic hydroxyl groups excluding tert-OH is 1. The highest BCUT2D eigenvalue weighted by Gasteiger charge is 2.31. The van der Waals surface area contributed by atoms with Crippen molar-refractivity contribution < 1.29 is 24.2 Å². The van der Waals surface area contributed by atoms with Crippen LogP contribution in [-0.2, 0) is 27.3 Å². The number of nitrogens with zero attached hydrogens (tertiary/aromatic N) is 3. The third kappa shape index (κ3) is 10.8. The Bertz CT molecular complexity index is 1490. The fraction of sp³-hybridized carbons (Fsp3) is 0.444. The fourth-order valence-electron chi connectivity index (χ4n) is 5.69. The maximum atomic E-state index is 13.5. The summed E-state index contributed by atoms with van der Waals surface area (Å²) in [6, 6.07) is 16.2. The molecule has 2 aromatic carbocycles. The van der Waals surface area contributed by atoms with Gasteiger partial charge in [-0.25, -0.2) is 0 Å². The van der Waals surface area contributed by atoms with Gasteiger partial charge in [0, 0.05) is 62.0 Å². The predicted molar refractivity (Wildman–Crippen MR) is 184 cm³/mol. The van der Waals surface area contributed by atoms with Gasteiger partial charge >= 0.3 is 0 Å². The van der Waals surface area contributed by atoms with E-state index in [0.717, 1.165) is 18.5 Å². The van der Waals surface area contributed by atoms with E-state index in [1.165, 1.54) is 0 Å². The van der Waals surface area contributed by atoms with Gasteiger partial charge in [-0.1, -0.05) is 25.5 Å². The summed E-state index contributed by atoms with van der Waals surface area (Å²) in [6.45, 7) is 5.57. The first kappa shape index (κ1) is 35.4. The fourth-order valence-corrected chi connectivity index (χ4v) is 5.69. The first-order valence-electron chi connectivity index (χ1n) is 16.3. The number of aromatic nitrogens is 1. The van der Waals surface area contributed by atoms with Crippen LogP contribution in [0.25, 0.3) is 0 Å². The summed E-state index contributed by atoms with van der Waals surface area (Å²) in [6.07, 6.45) is 6.10. The molecule has 0 saturated carbocycles. The minimum Gasteiger partial charge on any atom is -0.488 e. The summed E-state index contributed by atoms with van der Waals surface area (Å²) in [4.78, 5) is 46.6. The summed E-state index contributed by atoms with van der Waals surface area (Å²) >= 11 is 0. The highest BCUT2D eigenvalue weighted by Crippen LogP contribution is 2.29. The van der Waals surface area contributed by atoms with Crippen molar-refractivity contribution in [3.8, 4) is 5.75 Å². The van der Waals surface area contributed by atoms with Crippen LogP contribution in [-0.4, -0.2) is 76.5 Å². The second-order valence-corrected chi connectivity index (χ2v) is 12.5. The van der Waals surface area contributed by atoms with E-state index in [2.05, 4.69) is 27.4 Å². The predicted octanol–water partition coefficient (Wildman–Crippen LogP) is 4.47. The molecule has 0 spiro atoms. The molecule has 0 bridgehead atoms. The maximum absolute atomic E-state index is 13.5. The number of hydrogen-bond donors (Lipinski definition) is 4. The number of rotatable bonds is 14. The zero-order valence-corrected chi connectivity index (χ0v) is 27.7. The van der Waals surface area contributed by atoms with Crippen LogP contribution < -0.4 is 21.1 Å². The van der Waals surface area contributed by atoms with Crippen LogP contribution >= 0.6 is 0 Å². The van der Waals surface area contributed by atoms with Gasteiger partial charge in [-0.15, -0.1) is 0 Å². The van der Waals surface area contributed by atoms with Crippen molar-refractivity contribution in [1.29, 1.82) is 0 Å². The van der Waals surface area contributed by atoms with E-state index < -0.39 is 0 Å². The number of nitrogens with two attached hydrogens (primary N) is 1. The molecule has 0 unspecified atom stereocenters. The third-order valence-electron chi connectivity index (χ3n) is 8.44. The molecular weight excluding hydrogens is 596 g/mol. The summed E-state index contributed by atoms with van der Waals surface area (Å²) < 4.78 is 6.61. The van der Waals surface area contributed by atoms with Gasteiger partial charge in [-0.3, -0.25) is 24.3 Å². The summed E-state index contributed by atoms with van der Waals surface area (Å²) in [5.74, 6) is 0.253. The minimum atomic E-state index is -0.341. The minimum absolute atomic E-state index is 0.0132. The molecule has 4 rings (SSSR count). The second kappa shape index (κ2) is 17.4. The molecule has 3 amide bonds. The van der Waals surface area contributed by atoms with Gasteiger partial charge in [-0.05, 0) is 74.8 Å². The number of aliphatic hydroxyl groups is 1. The number of carbonyl (C=O) groups is 3. The molecule has 0 fully saturated rings. The Kier molecular flexibility index (Phi) is 13.1. The van der Waals surface area contributed by atoms with Crippen LogP contribution in [0.4, 0.5) is 17.1 Å². The van der Waals surface area contributed by atoms with Gasteiger partial charge in [0.1, 0.15) is 11.9 Å². The lowest BCUT2D eigenvalue weighted by Gasteiger charge is -2.34. The molecule has 1 aliphatic rings. The number of fused-ring (bicyclic) bond motifs is 1. The van der Waals surface area contributed by atoms with E-state index in [-0.39, 0.29) is 48.8 Å². The van der Waals surface area contributed by atoms with Crippen LogP contribution in [0.2, 0.25) is 0 Å². The normalized spacial score (nSPS) is 17.1. The Hall–Kier alpha value is -4.48. The average Bonchev–Trinajstić information content (AvgIpc) is 3.09. The Morgan fingerprint density at radius 3 is 2.47 bits per heavy atom. The van der Waals surface area contributed by atoms with Gasteiger partial charge in [-0.2, -0.15) is 0 Å². The molecule has 0 radical (unpaired) electrons. The van der Waals surface area contributed by atoms with Gasteiger partial charge in [0.05, 0.1) is 30.4 Å². The highest BCUT2D eigenvalue weighted by molar-refractivity contribution is 5.94. The van der Waals surface area contributed by atoms with Crippen LogP contribution in [0.15, 0.2) is 67.0 Å². The molecule has 5 N–H and O–H groups in total. The molecule has 1 aliphatic heterocycles. The molecule has 3 aromatic rings. The van der Waals surface area contributed by atoms with Crippen LogP contribution in [0.1, 0.15) is 57.1 Å². The van der Waals surface area contributed by atoms with Crippen LogP contribution in [0.3, 0.4) is 0 Å². The number of pyridine rings is 1. The quantitative estimate of drug-likeness (QED) is 0.148. The van der Waals surface area contributed by atoms with E-state index in [9.17, 15) is 19.5 Å². The number of carbonyl (C=O) groups excluding carboxylic acids is 3. The topological polar surface area (TPSA) is 150 Å². The van der Waals surface area contributed by atoms with Crippen molar-refractivity contribution >= 4 is 34.8 Å². The number of amides is 3. The average molecular weight is 645 g/mol. The number of para-hydroxylation sites is 2. The van der Waals surface area contributed by atoms with E-state index in [0.29, 0.717) is 67.1 Å². The summed E-state index contributed by atoms with van der Waals surface area (Å²) in [5.41, 5.74) is 9.42. The highest BCUT2D eigenvalue weighted by atomic mass is 16.5. The van der Waals surface area contributed by atoms with Crippen molar-refractivity contribution in [2.75, 3.05) is 43.1 Å². The Labute approximate surface area is 277 Å². The van der Waals surface area contributed by atoms with E-state index >= 15 is 0 Å². The molecule has 252 valence electrons. The Morgan fingerprint density at radius 2 is 1.77 bits per heavy atom. The Balaban J connectivity index is 1.36. The number of nitrogens with one attached hydrogen (secondary N) is 2. The van der Waals surface area contributed by atoms with Gasteiger partial charge in [0.2, 0.25) is 17.7 Å². The molecule has 1 aromatic heterocycles. The molecule has 47 heavy (non-hydrogen) atoms. The van der Waals surface area contributed by atoms with Gasteiger partial charge in [0.25, 0.3) is 0 Å². The van der Waals surface area contributed by atoms with Crippen molar-refractivity contribution in [3.05, 3.63) is 78.1 Å².